The quantitative estimate of drug-likeness (QED) is 0.752. The molecular formula is C15H28N2. The second kappa shape index (κ2) is 4.24. The first kappa shape index (κ1) is 12.0. The lowest BCUT2D eigenvalue weighted by Gasteiger charge is -2.48. The van der Waals surface area contributed by atoms with Crippen LogP contribution in [-0.4, -0.2) is 36.6 Å². The van der Waals surface area contributed by atoms with E-state index in [4.69, 9.17) is 0 Å². The summed E-state index contributed by atoms with van der Waals surface area (Å²) in [7, 11) is 0. The smallest absolute Gasteiger partial charge is 0.0272 e. The second-order valence-corrected chi connectivity index (χ2v) is 7.57. The van der Waals surface area contributed by atoms with Gasteiger partial charge in [0.15, 0.2) is 0 Å². The molecule has 17 heavy (non-hydrogen) atoms. The predicted molar refractivity (Wildman–Crippen MR) is 72.1 cm³/mol. The van der Waals surface area contributed by atoms with Gasteiger partial charge < -0.3 is 5.32 Å². The van der Waals surface area contributed by atoms with Gasteiger partial charge >= 0.3 is 0 Å². The van der Waals surface area contributed by atoms with Gasteiger partial charge in [0.05, 0.1) is 0 Å². The van der Waals surface area contributed by atoms with E-state index in [-0.39, 0.29) is 0 Å². The summed E-state index contributed by atoms with van der Waals surface area (Å²) < 4.78 is 0. The van der Waals surface area contributed by atoms with Crippen molar-refractivity contribution in [3.63, 3.8) is 0 Å². The zero-order chi connectivity index (χ0) is 12.0. The summed E-state index contributed by atoms with van der Waals surface area (Å²) >= 11 is 0. The Morgan fingerprint density at radius 1 is 1.12 bits per heavy atom. The summed E-state index contributed by atoms with van der Waals surface area (Å²) in [5.74, 6) is 2.10. The van der Waals surface area contributed by atoms with E-state index in [1.54, 1.807) is 0 Å². The number of hydrogen-bond acceptors (Lipinski definition) is 2. The van der Waals surface area contributed by atoms with Crippen LogP contribution in [0.25, 0.3) is 0 Å². The van der Waals surface area contributed by atoms with Crippen LogP contribution in [0.4, 0.5) is 0 Å². The lowest BCUT2D eigenvalue weighted by molar-refractivity contribution is 0.0168. The van der Waals surface area contributed by atoms with Crippen molar-refractivity contribution >= 4 is 0 Å². The molecule has 2 aliphatic carbocycles. The Morgan fingerprint density at radius 2 is 1.94 bits per heavy atom. The van der Waals surface area contributed by atoms with Crippen LogP contribution in [0.15, 0.2) is 0 Å². The fourth-order valence-electron chi connectivity index (χ4n) is 4.54. The first-order valence-corrected chi connectivity index (χ1v) is 7.52. The van der Waals surface area contributed by atoms with Crippen molar-refractivity contribution in [3.05, 3.63) is 0 Å². The van der Waals surface area contributed by atoms with Crippen molar-refractivity contribution in [2.45, 2.75) is 58.5 Å². The van der Waals surface area contributed by atoms with Crippen molar-refractivity contribution in [1.82, 2.24) is 10.2 Å². The molecule has 0 spiro atoms. The van der Waals surface area contributed by atoms with Crippen LogP contribution in [-0.2, 0) is 0 Å². The molecule has 0 amide bonds. The highest BCUT2D eigenvalue weighted by Crippen LogP contribution is 2.48. The first-order chi connectivity index (χ1) is 8.05. The molecule has 2 bridgehead atoms. The highest BCUT2D eigenvalue weighted by Gasteiger charge is 2.46. The van der Waals surface area contributed by atoms with Gasteiger partial charge in [-0.3, -0.25) is 4.90 Å². The van der Waals surface area contributed by atoms with E-state index in [0.29, 0.717) is 5.41 Å². The largest absolute Gasteiger partial charge is 0.314 e. The molecule has 1 saturated heterocycles. The summed E-state index contributed by atoms with van der Waals surface area (Å²) in [6.07, 6.45) is 6.06. The van der Waals surface area contributed by atoms with E-state index in [0.717, 1.165) is 23.9 Å². The molecule has 0 radical (unpaired) electrons. The van der Waals surface area contributed by atoms with Crippen molar-refractivity contribution in [3.8, 4) is 0 Å². The zero-order valence-corrected chi connectivity index (χ0v) is 11.7. The summed E-state index contributed by atoms with van der Waals surface area (Å²) in [6.45, 7) is 10.9. The molecule has 3 rings (SSSR count). The van der Waals surface area contributed by atoms with Gasteiger partial charge in [0.1, 0.15) is 0 Å². The number of rotatable bonds is 1. The van der Waals surface area contributed by atoms with Crippen LogP contribution in [0.1, 0.15) is 46.5 Å². The monoisotopic (exact) mass is 236 g/mol. The van der Waals surface area contributed by atoms with Crippen LogP contribution >= 0.6 is 0 Å². The molecule has 4 atom stereocenters. The molecule has 0 aromatic carbocycles. The second-order valence-electron chi connectivity index (χ2n) is 7.57. The van der Waals surface area contributed by atoms with Gasteiger partial charge in [-0.15, -0.1) is 0 Å². The molecule has 1 N–H and O–H groups in total. The molecule has 2 heteroatoms. The Balaban J connectivity index is 1.75. The number of hydrogen-bond donors (Lipinski definition) is 1. The highest BCUT2D eigenvalue weighted by atomic mass is 15.3. The van der Waals surface area contributed by atoms with Gasteiger partial charge in [-0.2, -0.15) is 0 Å². The Morgan fingerprint density at radius 3 is 2.53 bits per heavy atom. The Kier molecular flexibility index (Phi) is 2.99. The molecule has 2 nitrogen and oxygen atoms in total. The molecule has 98 valence electrons. The van der Waals surface area contributed by atoms with Crippen LogP contribution in [0.3, 0.4) is 0 Å². The molecule has 3 aliphatic rings. The topological polar surface area (TPSA) is 15.3 Å². The average Bonchev–Trinajstić information content (AvgIpc) is 2.89. The van der Waals surface area contributed by atoms with Gasteiger partial charge in [-0.25, -0.2) is 0 Å². The maximum atomic E-state index is 3.60. The standard InChI is InChI=1S/C15H28N2/c1-15(2,3)14-10-16-6-7-17(14)13-9-11-4-5-12(13)8-11/h11-14,16H,4-10H2,1-3H3. The fourth-order valence-corrected chi connectivity index (χ4v) is 4.54. The lowest BCUT2D eigenvalue weighted by atomic mass is 9.82. The minimum absolute atomic E-state index is 0.412. The third kappa shape index (κ3) is 2.15. The minimum Gasteiger partial charge on any atom is -0.314 e. The third-order valence-electron chi connectivity index (χ3n) is 5.41. The minimum atomic E-state index is 0.412. The number of piperazine rings is 1. The van der Waals surface area contributed by atoms with Crippen molar-refractivity contribution in [2.75, 3.05) is 19.6 Å². The highest BCUT2D eigenvalue weighted by molar-refractivity contribution is 5.00. The van der Waals surface area contributed by atoms with Gasteiger partial charge in [0, 0.05) is 31.7 Å². The van der Waals surface area contributed by atoms with Gasteiger partial charge in [0.25, 0.3) is 0 Å². The van der Waals surface area contributed by atoms with Gasteiger partial charge in [-0.05, 0) is 36.5 Å². The molecule has 4 unspecified atom stereocenters. The Labute approximate surface area is 106 Å². The van der Waals surface area contributed by atoms with Crippen molar-refractivity contribution in [2.24, 2.45) is 17.3 Å². The first-order valence-electron chi connectivity index (χ1n) is 7.52. The van der Waals surface area contributed by atoms with Gasteiger partial charge in [-0.1, -0.05) is 27.2 Å². The summed E-state index contributed by atoms with van der Waals surface area (Å²) in [5, 5.41) is 3.60. The Bertz CT molecular complexity index is 281. The van der Waals surface area contributed by atoms with E-state index in [2.05, 4.69) is 31.0 Å². The lowest BCUT2D eigenvalue weighted by Crippen LogP contribution is -2.60. The summed E-state index contributed by atoms with van der Waals surface area (Å²) in [5.41, 5.74) is 0.412. The Hall–Kier alpha value is -0.0800. The molecule has 0 aromatic rings. The predicted octanol–water partition coefficient (Wildman–Crippen LogP) is 2.49. The number of nitrogens with one attached hydrogen (secondary N) is 1. The van der Waals surface area contributed by atoms with E-state index >= 15 is 0 Å². The third-order valence-corrected chi connectivity index (χ3v) is 5.41. The maximum absolute atomic E-state index is 3.60. The van der Waals surface area contributed by atoms with Gasteiger partial charge in [0.2, 0.25) is 0 Å². The molecule has 3 fully saturated rings. The summed E-state index contributed by atoms with van der Waals surface area (Å²) in [4.78, 5) is 2.88. The van der Waals surface area contributed by atoms with E-state index in [1.165, 1.54) is 45.3 Å². The van der Waals surface area contributed by atoms with Crippen LogP contribution < -0.4 is 5.32 Å². The fraction of sp³-hybridized carbons (Fsp3) is 1.00. The summed E-state index contributed by atoms with van der Waals surface area (Å²) in [6, 6.07) is 1.65. The molecule has 1 heterocycles. The normalized spacial score (nSPS) is 43.2. The molecular weight excluding hydrogens is 208 g/mol. The SMILES string of the molecule is CC(C)(C)C1CNCCN1C1CC2CCC1C2. The maximum Gasteiger partial charge on any atom is 0.0272 e. The van der Waals surface area contributed by atoms with Crippen LogP contribution in [0, 0.1) is 17.3 Å². The van der Waals surface area contributed by atoms with E-state index in [9.17, 15) is 0 Å². The molecule has 1 aliphatic heterocycles. The number of nitrogens with zero attached hydrogens (tertiary/aromatic N) is 1. The average molecular weight is 236 g/mol. The molecule has 2 saturated carbocycles. The van der Waals surface area contributed by atoms with Crippen LogP contribution in [0.5, 0.6) is 0 Å². The van der Waals surface area contributed by atoms with E-state index < -0.39 is 0 Å². The van der Waals surface area contributed by atoms with E-state index in [1.807, 2.05) is 0 Å². The van der Waals surface area contributed by atoms with Crippen molar-refractivity contribution < 1.29 is 0 Å². The van der Waals surface area contributed by atoms with Crippen molar-refractivity contribution in [1.29, 1.82) is 0 Å². The molecule has 0 aromatic heterocycles. The number of fused-ring (bicyclic) bond motifs is 2. The zero-order valence-electron chi connectivity index (χ0n) is 11.7. The van der Waals surface area contributed by atoms with Crippen LogP contribution in [0.2, 0.25) is 0 Å².